The summed E-state index contributed by atoms with van der Waals surface area (Å²) in [6.45, 7) is 8.49. The lowest BCUT2D eigenvalue weighted by atomic mass is 10.0. The highest BCUT2D eigenvalue weighted by Crippen LogP contribution is 2.43. The van der Waals surface area contributed by atoms with E-state index in [9.17, 15) is 0 Å². The van der Waals surface area contributed by atoms with E-state index in [1.54, 1.807) is 17.8 Å². The normalized spacial score (nSPS) is 17.3. The molecule has 0 radical (unpaired) electrons. The molecule has 1 fully saturated rings. The summed E-state index contributed by atoms with van der Waals surface area (Å²) in [5.41, 5.74) is 2.74. The van der Waals surface area contributed by atoms with Crippen LogP contribution in [0.3, 0.4) is 0 Å². The van der Waals surface area contributed by atoms with Gasteiger partial charge in [0.15, 0.2) is 5.82 Å². The highest BCUT2D eigenvalue weighted by Gasteiger charge is 2.31. The molecular formula is C20H20Cl2N4S. The Morgan fingerprint density at radius 1 is 1.26 bits per heavy atom. The molecule has 3 heterocycles. The van der Waals surface area contributed by atoms with E-state index < -0.39 is 0 Å². The molecule has 1 unspecified atom stereocenters. The predicted octanol–water partition coefficient (Wildman–Crippen LogP) is 5.79. The Bertz CT molecular complexity index is 940. The Morgan fingerprint density at radius 2 is 2.04 bits per heavy atom. The fraction of sp³-hybridized carbons (Fsp3) is 0.300. The Kier molecular flexibility index (Phi) is 5.10. The Balaban J connectivity index is 1.81. The van der Waals surface area contributed by atoms with E-state index in [-0.39, 0.29) is 6.04 Å². The van der Waals surface area contributed by atoms with Crippen LogP contribution < -0.4 is 9.80 Å². The Morgan fingerprint density at radius 3 is 2.67 bits per heavy atom. The standard InChI is InChI=1S/C20H20Cl2N4S/c1-12(15-6-5-14(21)9-16(15)22)26-13(2)18(27-3)10-17-20(26)24-19(11-23-17)25-7-4-8-25/h5-6,9-12H,2,4,7-8H2,1,3H3. The van der Waals surface area contributed by atoms with Gasteiger partial charge in [-0.1, -0.05) is 35.8 Å². The number of aromatic nitrogens is 2. The lowest BCUT2D eigenvalue weighted by Crippen LogP contribution is -2.38. The molecule has 4 nitrogen and oxygen atoms in total. The van der Waals surface area contributed by atoms with Gasteiger partial charge < -0.3 is 9.80 Å². The van der Waals surface area contributed by atoms with Gasteiger partial charge in [-0.05, 0) is 43.4 Å². The molecule has 0 N–H and O–H groups in total. The van der Waals surface area contributed by atoms with Crippen LogP contribution in [0.5, 0.6) is 0 Å². The van der Waals surface area contributed by atoms with Crippen LogP contribution in [0.25, 0.3) is 6.08 Å². The van der Waals surface area contributed by atoms with Crippen LogP contribution in [0.4, 0.5) is 11.6 Å². The fourth-order valence-electron chi connectivity index (χ4n) is 3.38. The average molecular weight is 419 g/mol. The highest BCUT2D eigenvalue weighted by atomic mass is 35.5. The molecule has 4 rings (SSSR count). The number of anilines is 2. The Labute approximate surface area is 173 Å². The molecule has 0 bridgehead atoms. The number of hydrogen-bond acceptors (Lipinski definition) is 5. The first-order valence-corrected chi connectivity index (χ1v) is 10.8. The summed E-state index contributed by atoms with van der Waals surface area (Å²) >= 11 is 14.2. The van der Waals surface area contributed by atoms with E-state index in [2.05, 4.69) is 34.4 Å². The number of rotatable bonds is 4. The Hall–Kier alpha value is -1.69. The molecule has 2 aromatic rings. The van der Waals surface area contributed by atoms with Crippen molar-refractivity contribution in [2.24, 2.45) is 0 Å². The number of thioether (sulfide) groups is 1. The van der Waals surface area contributed by atoms with Gasteiger partial charge in [0, 0.05) is 33.7 Å². The van der Waals surface area contributed by atoms with E-state index >= 15 is 0 Å². The maximum absolute atomic E-state index is 6.50. The van der Waals surface area contributed by atoms with Crippen molar-refractivity contribution in [3.05, 3.63) is 62.9 Å². The average Bonchev–Trinajstić information content (AvgIpc) is 2.59. The summed E-state index contributed by atoms with van der Waals surface area (Å²) in [4.78, 5) is 15.1. The van der Waals surface area contributed by atoms with Crippen molar-refractivity contribution < 1.29 is 0 Å². The molecule has 27 heavy (non-hydrogen) atoms. The lowest BCUT2D eigenvalue weighted by molar-refractivity contribution is 0.606. The summed E-state index contributed by atoms with van der Waals surface area (Å²) in [6, 6.07) is 5.54. The SMILES string of the molecule is C=C1C(SC)=Cc2ncc(N3CCC3)nc2N1C(C)c1ccc(Cl)cc1Cl. The molecule has 2 aliphatic rings. The molecule has 2 aliphatic heterocycles. The molecule has 1 saturated heterocycles. The van der Waals surface area contributed by atoms with E-state index in [0.29, 0.717) is 10.0 Å². The second-order valence-corrected chi connectivity index (χ2v) is 8.34. The number of halogens is 2. The summed E-state index contributed by atoms with van der Waals surface area (Å²) in [5, 5.41) is 1.26. The minimum atomic E-state index is -0.0576. The molecule has 1 aromatic heterocycles. The minimum Gasteiger partial charge on any atom is -0.355 e. The largest absolute Gasteiger partial charge is 0.355 e. The highest BCUT2D eigenvalue weighted by molar-refractivity contribution is 8.02. The van der Waals surface area contributed by atoms with Crippen molar-refractivity contribution in [3.8, 4) is 0 Å². The van der Waals surface area contributed by atoms with Crippen molar-refractivity contribution in [1.29, 1.82) is 0 Å². The van der Waals surface area contributed by atoms with Crippen LogP contribution in [0.15, 0.2) is 41.6 Å². The van der Waals surface area contributed by atoms with Gasteiger partial charge >= 0.3 is 0 Å². The van der Waals surface area contributed by atoms with Gasteiger partial charge in [-0.15, -0.1) is 11.8 Å². The first kappa shape index (κ1) is 18.7. The second kappa shape index (κ2) is 7.38. The maximum atomic E-state index is 6.50. The van der Waals surface area contributed by atoms with Crippen LogP contribution in [0, 0.1) is 0 Å². The van der Waals surface area contributed by atoms with Gasteiger partial charge in [-0.3, -0.25) is 0 Å². The zero-order valence-electron chi connectivity index (χ0n) is 15.2. The number of benzene rings is 1. The fourth-order valence-corrected chi connectivity index (χ4v) is 4.51. The number of hydrogen-bond donors (Lipinski definition) is 0. The van der Waals surface area contributed by atoms with Crippen LogP contribution in [-0.4, -0.2) is 29.3 Å². The third-order valence-corrected chi connectivity index (χ3v) is 6.40. The maximum Gasteiger partial charge on any atom is 0.162 e. The molecule has 7 heteroatoms. The molecule has 1 aromatic carbocycles. The molecule has 0 spiro atoms. The minimum absolute atomic E-state index is 0.0576. The van der Waals surface area contributed by atoms with Crippen molar-refractivity contribution in [2.45, 2.75) is 19.4 Å². The lowest BCUT2D eigenvalue weighted by Gasteiger charge is -2.38. The van der Waals surface area contributed by atoms with E-state index in [1.165, 1.54) is 6.42 Å². The molecular weight excluding hydrogens is 399 g/mol. The van der Waals surface area contributed by atoms with Gasteiger partial charge in [-0.25, -0.2) is 9.97 Å². The molecule has 1 atom stereocenters. The summed E-state index contributed by atoms with van der Waals surface area (Å²) in [5.74, 6) is 1.73. The first-order valence-electron chi connectivity index (χ1n) is 8.80. The monoisotopic (exact) mass is 418 g/mol. The quantitative estimate of drug-likeness (QED) is 0.626. The predicted molar refractivity (Wildman–Crippen MR) is 117 cm³/mol. The van der Waals surface area contributed by atoms with Gasteiger partial charge in [0.05, 0.1) is 12.2 Å². The molecule has 0 aliphatic carbocycles. The summed E-state index contributed by atoms with van der Waals surface area (Å²) < 4.78 is 0. The van der Waals surface area contributed by atoms with Gasteiger partial charge in [0.1, 0.15) is 11.5 Å². The zero-order chi connectivity index (χ0) is 19.1. The van der Waals surface area contributed by atoms with E-state index in [1.807, 2.05) is 24.6 Å². The van der Waals surface area contributed by atoms with E-state index in [0.717, 1.165) is 46.6 Å². The van der Waals surface area contributed by atoms with Crippen molar-refractivity contribution in [1.82, 2.24) is 9.97 Å². The molecule has 140 valence electrons. The molecule has 0 saturated carbocycles. The zero-order valence-corrected chi connectivity index (χ0v) is 17.6. The summed E-state index contributed by atoms with van der Waals surface area (Å²) in [6.07, 6.45) is 7.16. The van der Waals surface area contributed by atoms with Crippen molar-refractivity contribution in [3.63, 3.8) is 0 Å². The third kappa shape index (κ3) is 3.33. The van der Waals surface area contributed by atoms with Gasteiger partial charge in [0.25, 0.3) is 0 Å². The van der Waals surface area contributed by atoms with Gasteiger partial charge in [0.2, 0.25) is 0 Å². The number of fused-ring (bicyclic) bond motifs is 1. The van der Waals surface area contributed by atoms with Crippen LogP contribution in [-0.2, 0) is 0 Å². The first-order chi connectivity index (χ1) is 13.0. The van der Waals surface area contributed by atoms with Crippen LogP contribution >= 0.6 is 35.0 Å². The second-order valence-electron chi connectivity index (χ2n) is 6.65. The van der Waals surface area contributed by atoms with Crippen LogP contribution in [0.2, 0.25) is 10.0 Å². The third-order valence-electron chi connectivity index (χ3n) is 5.04. The smallest absolute Gasteiger partial charge is 0.162 e. The number of nitrogens with zero attached hydrogens (tertiary/aromatic N) is 4. The topological polar surface area (TPSA) is 32.3 Å². The van der Waals surface area contributed by atoms with Crippen LogP contribution in [0.1, 0.15) is 30.6 Å². The molecule has 0 amide bonds. The van der Waals surface area contributed by atoms with E-state index in [4.69, 9.17) is 28.2 Å². The van der Waals surface area contributed by atoms with Crippen molar-refractivity contribution >= 4 is 52.7 Å². The summed E-state index contributed by atoms with van der Waals surface area (Å²) in [7, 11) is 0. The van der Waals surface area contributed by atoms with Gasteiger partial charge in [-0.2, -0.15) is 0 Å². The van der Waals surface area contributed by atoms with Crippen molar-refractivity contribution in [2.75, 3.05) is 29.1 Å².